The monoisotopic (exact) mass is 313 g/mol. The van der Waals surface area contributed by atoms with Crippen LogP contribution in [0.5, 0.6) is 0 Å². The van der Waals surface area contributed by atoms with E-state index in [1.165, 1.54) is 23.3 Å². The first-order valence-corrected chi connectivity index (χ1v) is 8.92. The quantitative estimate of drug-likeness (QED) is 0.658. The average molecular weight is 313 g/mol. The van der Waals surface area contributed by atoms with Crippen molar-refractivity contribution in [2.75, 3.05) is 0 Å². The highest BCUT2D eigenvalue weighted by atomic mass is 32.1. The van der Waals surface area contributed by atoms with Crippen LogP contribution in [-0.2, 0) is 19.3 Å². The third-order valence-electron chi connectivity index (χ3n) is 3.92. The first-order valence-electron chi connectivity index (χ1n) is 7.29. The molecule has 0 spiro atoms. The molecule has 3 aromatic rings. The van der Waals surface area contributed by atoms with Gasteiger partial charge in [0.25, 0.3) is 0 Å². The van der Waals surface area contributed by atoms with E-state index in [-0.39, 0.29) is 5.78 Å². The molecule has 0 radical (unpaired) electrons. The molecule has 0 saturated carbocycles. The normalized spacial score (nSPS) is 14.3. The van der Waals surface area contributed by atoms with Gasteiger partial charge in [-0.3, -0.25) is 4.79 Å². The fourth-order valence-electron chi connectivity index (χ4n) is 2.85. The average Bonchev–Trinajstić information content (AvgIpc) is 3.10. The minimum atomic E-state index is 0.216. The Morgan fingerprint density at radius 2 is 2.00 bits per heavy atom. The molecule has 106 valence electrons. The van der Waals surface area contributed by atoms with E-state index < -0.39 is 0 Å². The predicted octanol–water partition coefficient (Wildman–Crippen LogP) is 4.66. The Hall–Kier alpha value is -1.52. The summed E-state index contributed by atoms with van der Waals surface area (Å²) in [6, 6.07) is 10.2. The molecule has 1 aliphatic carbocycles. The molecule has 21 heavy (non-hydrogen) atoms. The SMILES string of the molecule is O=C(Cc1nc2ccccc2s1)c1cc2c(s1)CCCC2. The van der Waals surface area contributed by atoms with E-state index in [2.05, 4.69) is 17.1 Å². The molecule has 0 unspecified atom stereocenters. The molecule has 0 fully saturated rings. The van der Waals surface area contributed by atoms with E-state index in [0.29, 0.717) is 6.42 Å². The van der Waals surface area contributed by atoms with Crippen molar-refractivity contribution in [1.82, 2.24) is 4.98 Å². The maximum Gasteiger partial charge on any atom is 0.179 e. The van der Waals surface area contributed by atoms with Gasteiger partial charge in [-0.2, -0.15) is 0 Å². The lowest BCUT2D eigenvalue weighted by Crippen LogP contribution is -2.00. The van der Waals surface area contributed by atoms with Gasteiger partial charge in [-0.1, -0.05) is 12.1 Å². The van der Waals surface area contributed by atoms with Gasteiger partial charge in [0.1, 0.15) is 5.01 Å². The van der Waals surface area contributed by atoms with E-state index in [4.69, 9.17) is 0 Å². The number of hydrogen-bond donors (Lipinski definition) is 0. The second-order valence-electron chi connectivity index (χ2n) is 5.44. The molecular weight excluding hydrogens is 298 g/mol. The molecule has 0 saturated heterocycles. The maximum absolute atomic E-state index is 12.5. The number of aromatic nitrogens is 1. The smallest absolute Gasteiger partial charge is 0.179 e. The van der Waals surface area contributed by atoms with Crippen LogP contribution in [0.15, 0.2) is 30.3 Å². The van der Waals surface area contributed by atoms with Gasteiger partial charge in [0, 0.05) is 4.88 Å². The van der Waals surface area contributed by atoms with Crippen LogP contribution in [0.1, 0.15) is 38.0 Å². The van der Waals surface area contributed by atoms with Crippen molar-refractivity contribution < 1.29 is 4.79 Å². The number of carbonyl (C=O) groups excluding carboxylic acids is 1. The molecule has 1 aliphatic rings. The zero-order valence-corrected chi connectivity index (χ0v) is 13.2. The third-order valence-corrected chi connectivity index (χ3v) is 6.24. The van der Waals surface area contributed by atoms with Crippen LogP contribution in [0.25, 0.3) is 10.2 Å². The summed E-state index contributed by atoms with van der Waals surface area (Å²) in [6.45, 7) is 0. The number of nitrogens with zero attached hydrogens (tertiary/aromatic N) is 1. The molecule has 0 N–H and O–H groups in total. The van der Waals surface area contributed by atoms with Crippen LogP contribution >= 0.6 is 22.7 Å². The fourth-order valence-corrected chi connectivity index (χ4v) is 5.01. The summed E-state index contributed by atoms with van der Waals surface area (Å²) in [6.07, 6.45) is 5.24. The highest BCUT2D eigenvalue weighted by Gasteiger charge is 2.18. The number of thiophene rings is 1. The summed E-state index contributed by atoms with van der Waals surface area (Å²) >= 11 is 3.32. The van der Waals surface area contributed by atoms with Gasteiger partial charge >= 0.3 is 0 Å². The Labute approximate surface area is 131 Å². The third kappa shape index (κ3) is 2.54. The zero-order chi connectivity index (χ0) is 14.2. The van der Waals surface area contributed by atoms with Gasteiger partial charge in [0.05, 0.1) is 21.5 Å². The van der Waals surface area contributed by atoms with Crippen LogP contribution in [0.3, 0.4) is 0 Å². The Kier molecular flexibility index (Phi) is 3.36. The van der Waals surface area contributed by atoms with Crippen molar-refractivity contribution in [2.45, 2.75) is 32.1 Å². The number of para-hydroxylation sites is 1. The lowest BCUT2D eigenvalue weighted by molar-refractivity contribution is 0.0997. The number of thiazole rings is 1. The summed E-state index contributed by atoms with van der Waals surface area (Å²) < 4.78 is 1.16. The molecule has 2 heterocycles. The highest BCUT2D eigenvalue weighted by Crippen LogP contribution is 2.31. The van der Waals surface area contributed by atoms with Gasteiger partial charge in [-0.05, 0) is 49.4 Å². The van der Waals surface area contributed by atoms with Crippen LogP contribution in [-0.4, -0.2) is 10.8 Å². The standard InChI is InChI=1S/C17H15NOS2/c19-13(16-9-11-5-1-3-7-14(11)20-16)10-17-18-12-6-2-4-8-15(12)21-17/h2,4,6,8-9H,1,3,5,7,10H2. The number of rotatable bonds is 3. The molecule has 0 aliphatic heterocycles. The van der Waals surface area contributed by atoms with Crippen molar-refractivity contribution in [3.63, 3.8) is 0 Å². The molecule has 0 bridgehead atoms. The van der Waals surface area contributed by atoms with E-state index in [0.717, 1.165) is 32.9 Å². The largest absolute Gasteiger partial charge is 0.293 e. The molecule has 0 atom stereocenters. The predicted molar refractivity (Wildman–Crippen MR) is 88.6 cm³/mol. The van der Waals surface area contributed by atoms with Gasteiger partial charge in [0.2, 0.25) is 0 Å². The minimum absolute atomic E-state index is 0.216. The number of aryl methyl sites for hydroxylation is 2. The topological polar surface area (TPSA) is 30.0 Å². The molecule has 0 amide bonds. The zero-order valence-electron chi connectivity index (χ0n) is 11.6. The number of carbonyl (C=O) groups is 1. The summed E-state index contributed by atoms with van der Waals surface area (Å²) in [5.41, 5.74) is 2.40. The molecule has 1 aromatic carbocycles. The van der Waals surface area contributed by atoms with Gasteiger partial charge in [-0.15, -0.1) is 22.7 Å². The second-order valence-corrected chi connectivity index (χ2v) is 7.69. The fraction of sp³-hybridized carbons (Fsp3) is 0.294. The van der Waals surface area contributed by atoms with Crippen molar-refractivity contribution in [3.8, 4) is 0 Å². The molecule has 2 nitrogen and oxygen atoms in total. The van der Waals surface area contributed by atoms with E-state index in [9.17, 15) is 4.79 Å². The van der Waals surface area contributed by atoms with E-state index >= 15 is 0 Å². The first-order chi connectivity index (χ1) is 10.3. The van der Waals surface area contributed by atoms with Crippen molar-refractivity contribution in [2.24, 2.45) is 0 Å². The van der Waals surface area contributed by atoms with Crippen molar-refractivity contribution >= 4 is 38.7 Å². The van der Waals surface area contributed by atoms with Crippen LogP contribution in [0.2, 0.25) is 0 Å². The van der Waals surface area contributed by atoms with E-state index in [1.54, 1.807) is 22.7 Å². The number of benzene rings is 1. The summed E-state index contributed by atoms with van der Waals surface area (Å²) in [4.78, 5) is 19.4. The van der Waals surface area contributed by atoms with Crippen LogP contribution in [0, 0.1) is 0 Å². The summed E-state index contributed by atoms with van der Waals surface area (Å²) in [5.74, 6) is 0.216. The molecular formula is C17H15NOS2. The Morgan fingerprint density at radius 1 is 1.14 bits per heavy atom. The maximum atomic E-state index is 12.5. The highest BCUT2D eigenvalue weighted by molar-refractivity contribution is 7.18. The Morgan fingerprint density at radius 3 is 2.86 bits per heavy atom. The molecule has 2 aromatic heterocycles. The Balaban J connectivity index is 1.58. The van der Waals surface area contributed by atoms with Crippen molar-refractivity contribution in [1.29, 1.82) is 0 Å². The first kappa shape index (κ1) is 13.2. The summed E-state index contributed by atoms with van der Waals surface area (Å²) in [7, 11) is 0. The number of ketones is 1. The van der Waals surface area contributed by atoms with Crippen molar-refractivity contribution in [3.05, 3.63) is 50.7 Å². The Bertz CT molecular complexity index is 759. The number of hydrogen-bond acceptors (Lipinski definition) is 4. The van der Waals surface area contributed by atoms with Gasteiger partial charge < -0.3 is 0 Å². The minimum Gasteiger partial charge on any atom is -0.293 e. The van der Waals surface area contributed by atoms with Crippen LogP contribution < -0.4 is 0 Å². The van der Waals surface area contributed by atoms with Crippen LogP contribution in [0.4, 0.5) is 0 Å². The lowest BCUT2D eigenvalue weighted by atomic mass is 9.99. The number of Topliss-reactive ketones (excluding diaryl/α,β-unsaturated/α-hetero) is 1. The van der Waals surface area contributed by atoms with E-state index in [1.807, 2.05) is 18.2 Å². The summed E-state index contributed by atoms with van der Waals surface area (Å²) in [5, 5.41) is 0.924. The second kappa shape index (κ2) is 5.35. The number of fused-ring (bicyclic) bond motifs is 2. The lowest BCUT2D eigenvalue weighted by Gasteiger charge is -2.08. The molecule has 4 heteroatoms. The van der Waals surface area contributed by atoms with Gasteiger partial charge in [-0.25, -0.2) is 4.98 Å². The molecule has 4 rings (SSSR count). The van der Waals surface area contributed by atoms with Gasteiger partial charge in [0.15, 0.2) is 5.78 Å².